The average molecular weight is 432 g/mol. The topological polar surface area (TPSA) is 57.2 Å². The van der Waals surface area contributed by atoms with E-state index in [0.717, 1.165) is 11.1 Å². The molecule has 1 aliphatic heterocycles. The normalized spacial score (nSPS) is 15.5. The van der Waals surface area contributed by atoms with E-state index in [1.54, 1.807) is 28.0 Å². The molecular weight excluding hydrogens is 401 g/mol. The molecule has 0 aromatic heterocycles. The SMILES string of the molecule is COC1(c2cc(F)cc(OCc3ccc(N(C)C(=O)OC(C)C)cc3)c2)CCOCC1. The first-order valence-corrected chi connectivity index (χ1v) is 10.4. The fraction of sp³-hybridized carbons (Fsp3) is 0.458. The zero-order valence-corrected chi connectivity index (χ0v) is 18.5. The summed E-state index contributed by atoms with van der Waals surface area (Å²) in [5.41, 5.74) is 1.81. The lowest BCUT2D eigenvalue weighted by Crippen LogP contribution is -2.35. The van der Waals surface area contributed by atoms with Crippen molar-refractivity contribution < 1.29 is 28.1 Å². The minimum Gasteiger partial charge on any atom is -0.489 e. The van der Waals surface area contributed by atoms with Gasteiger partial charge in [0.1, 0.15) is 18.2 Å². The molecule has 6 nitrogen and oxygen atoms in total. The van der Waals surface area contributed by atoms with E-state index in [1.165, 1.54) is 17.0 Å². The van der Waals surface area contributed by atoms with Gasteiger partial charge in [-0.15, -0.1) is 0 Å². The summed E-state index contributed by atoms with van der Waals surface area (Å²) in [6.45, 7) is 5.03. The van der Waals surface area contributed by atoms with Crippen LogP contribution in [0, 0.1) is 5.82 Å². The molecule has 0 N–H and O–H groups in total. The maximum Gasteiger partial charge on any atom is 0.414 e. The molecule has 2 aromatic rings. The molecule has 0 spiro atoms. The second-order valence-corrected chi connectivity index (χ2v) is 7.93. The van der Waals surface area contributed by atoms with Gasteiger partial charge in [-0.05, 0) is 49.2 Å². The summed E-state index contributed by atoms with van der Waals surface area (Å²) in [5, 5.41) is 0. The first kappa shape index (κ1) is 23.0. The number of methoxy groups -OCH3 is 1. The van der Waals surface area contributed by atoms with Crippen LogP contribution in [0.25, 0.3) is 0 Å². The molecule has 1 aliphatic rings. The number of carbonyl (C=O) groups is 1. The van der Waals surface area contributed by atoms with Gasteiger partial charge in [0.15, 0.2) is 0 Å². The summed E-state index contributed by atoms with van der Waals surface area (Å²) in [4.78, 5) is 13.5. The Labute approximate surface area is 182 Å². The Morgan fingerprint density at radius 3 is 2.45 bits per heavy atom. The first-order chi connectivity index (χ1) is 14.8. The molecule has 0 aliphatic carbocycles. The molecule has 0 saturated carbocycles. The van der Waals surface area contributed by atoms with Gasteiger partial charge < -0.3 is 18.9 Å². The number of hydrogen-bond donors (Lipinski definition) is 0. The molecule has 2 aromatic carbocycles. The Bertz CT molecular complexity index is 878. The van der Waals surface area contributed by atoms with Crippen molar-refractivity contribution in [3.63, 3.8) is 0 Å². The van der Waals surface area contributed by atoms with Gasteiger partial charge in [0, 0.05) is 52.0 Å². The number of anilines is 1. The van der Waals surface area contributed by atoms with Crippen molar-refractivity contribution in [3.05, 3.63) is 59.4 Å². The summed E-state index contributed by atoms with van der Waals surface area (Å²) in [6.07, 6.45) is 0.741. The number of rotatable bonds is 7. The molecule has 31 heavy (non-hydrogen) atoms. The van der Waals surface area contributed by atoms with Crippen LogP contribution in [-0.4, -0.2) is 39.6 Å². The molecule has 168 valence electrons. The number of hydrogen-bond acceptors (Lipinski definition) is 5. The van der Waals surface area contributed by atoms with E-state index in [-0.39, 0.29) is 18.5 Å². The highest BCUT2D eigenvalue weighted by Gasteiger charge is 2.35. The van der Waals surface area contributed by atoms with Gasteiger partial charge in [-0.2, -0.15) is 0 Å². The third-order valence-electron chi connectivity index (χ3n) is 5.43. The minimum absolute atomic E-state index is 0.183. The van der Waals surface area contributed by atoms with Crippen LogP contribution in [0.1, 0.15) is 37.8 Å². The zero-order chi connectivity index (χ0) is 22.4. The number of amides is 1. The smallest absolute Gasteiger partial charge is 0.414 e. The van der Waals surface area contributed by atoms with E-state index < -0.39 is 11.7 Å². The van der Waals surface area contributed by atoms with E-state index in [1.807, 2.05) is 30.3 Å². The van der Waals surface area contributed by atoms with Gasteiger partial charge in [0.2, 0.25) is 0 Å². The number of halogens is 1. The Morgan fingerprint density at radius 2 is 1.84 bits per heavy atom. The fourth-order valence-corrected chi connectivity index (χ4v) is 3.59. The van der Waals surface area contributed by atoms with Crippen molar-refractivity contribution in [3.8, 4) is 5.75 Å². The molecule has 0 unspecified atom stereocenters. The van der Waals surface area contributed by atoms with Gasteiger partial charge >= 0.3 is 6.09 Å². The molecule has 0 atom stereocenters. The maximum atomic E-state index is 14.3. The Morgan fingerprint density at radius 1 is 1.16 bits per heavy atom. The van der Waals surface area contributed by atoms with Crippen molar-refractivity contribution in [2.45, 2.75) is 45.0 Å². The van der Waals surface area contributed by atoms with E-state index in [4.69, 9.17) is 18.9 Å². The van der Waals surface area contributed by atoms with Gasteiger partial charge in [0.05, 0.1) is 11.7 Å². The highest BCUT2D eigenvalue weighted by atomic mass is 19.1. The van der Waals surface area contributed by atoms with Crippen LogP contribution >= 0.6 is 0 Å². The van der Waals surface area contributed by atoms with Crippen molar-refractivity contribution in [2.24, 2.45) is 0 Å². The summed E-state index contributed by atoms with van der Waals surface area (Å²) < 4.78 is 36.6. The maximum absolute atomic E-state index is 14.3. The lowest BCUT2D eigenvalue weighted by molar-refractivity contribution is -0.0950. The summed E-state index contributed by atoms with van der Waals surface area (Å²) >= 11 is 0. The summed E-state index contributed by atoms with van der Waals surface area (Å²) in [5.74, 6) is 0.0793. The quantitative estimate of drug-likeness (QED) is 0.615. The van der Waals surface area contributed by atoms with Crippen molar-refractivity contribution >= 4 is 11.8 Å². The van der Waals surface area contributed by atoms with Crippen LogP contribution in [0.4, 0.5) is 14.9 Å². The van der Waals surface area contributed by atoms with E-state index in [2.05, 4.69) is 0 Å². The van der Waals surface area contributed by atoms with Gasteiger partial charge in [0.25, 0.3) is 0 Å². The summed E-state index contributed by atoms with van der Waals surface area (Å²) in [6, 6.07) is 12.1. The third kappa shape index (κ3) is 5.74. The van der Waals surface area contributed by atoms with Crippen LogP contribution < -0.4 is 9.64 Å². The Kier molecular flexibility index (Phi) is 7.51. The number of benzene rings is 2. The molecule has 1 amide bonds. The van der Waals surface area contributed by atoms with Gasteiger partial charge in [-0.3, -0.25) is 4.90 Å². The van der Waals surface area contributed by atoms with Crippen LogP contribution in [0.5, 0.6) is 5.75 Å². The molecule has 1 fully saturated rings. The molecule has 1 saturated heterocycles. The molecule has 3 rings (SSSR count). The highest BCUT2D eigenvalue weighted by molar-refractivity contribution is 5.87. The van der Waals surface area contributed by atoms with E-state index >= 15 is 0 Å². The van der Waals surface area contributed by atoms with E-state index in [9.17, 15) is 9.18 Å². The Balaban J connectivity index is 1.67. The van der Waals surface area contributed by atoms with Crippen LogP contribution in [-0.2, 0) is 26.4 Å². The van der Waals surface area contributed by atoms with Crippen LogP contribution in [0.3, 0.4) is 0 Å². The van der Waals surface area contributed by atoms with Crippen molar-refractivity contribution in [2.75, 3.05) is 32.3 Å². The predicted molar refractivity (Wildman–Crippen MR) is 116 cm³/mol. The first-order valence-electron chi connectivity index (χ1n) is 10.4. The fourth-order valence-electron chi connectivity index (χ4n) is 3.59. The number of ether oxygens (including phenoxy) is 4. The van der Waals surface area contributed by atoms with Crippen molar-refractivity contribution in [1.29, 1.82) is 0 Å². The monoisotopic (exact) mass is 431 g/mol. The molecule has 1 heterocycles. The second kappa shape index (κ2) is 10.1. The lowest BCUT2D eigenvalue weighted by atomic mass is 9.86. The Hall–Kier alpha value is -2.64. The van der Waals surface area contributed by atoms with Gasteiger partial charge in [-0.25, -0.2) is 9.18 Å². The minimum atomic E-state index is -0.560. The van der Waals surface area contributed by atoms with Crippen molar-refractivity contribution in [1.82, 2.24) is 0 Å². The highest BCUT2D eigenvalue weighted by Crippen LogP contribution is 2.37. The standard InChI is InChI=1S/C24H30FNO5/c1-17(2)31-23(27)26(3)21-7-5-18(6-8-21)16-30-22-14-19(13-20(25)15-22)24(28-4)9-11-29-12-10-24/h5-8,13-15,17H,9-12,16H2,1-4H3. The third-order valence-corrected chi connectivity index (χ3v) is 5.43. The predicted octanol–water partition coefficient (Wildman–Crippen LogP) is 5.04. The number of nitrogens with zero attached hydrogens (tertiary/aromatic N) is 1. The molecule has 0 bridgehead atoms. The van der Waals surface area contributed by atoms with E-state index in [0.29, 0.717) is 37.5 Å². The van der Waals surface area contributed by atoms with Crippen LogP contribution in [0.2, 0.25) is 0 Å². The molecular formula is C24H30FNO5. The zero-order valence-electron chi connectivity index (χ0n) is 18.5. The number of carbonyl (C=O) groups excluding carboxylic acids is 1. The van der Waals surface area contributed by atoms with Gasteiger partial charge in [-0.1, -0.05) is 12.1 Å². The average Bonchev–Trinajstić information content (AvgIpc) is 2.77. The second-order valence-electron chi connectivity index (χ2n) is 7.93. The molecule has 7 heteroatoms. The molecule has 0 radical (unpaired) electrons. The largest absolute Gasteiger partial charge is 0.489 e. The van der Waals surface area contributed by atoms with Crippen LogP contribution in [0.15, 0.2) is 42.5 Å². The lowest BCUT2D eigenvalue weighted by Gasteiger charge is -2.36. The summed E-state index contributed by atoms with van der Waals surface area (Å²) in [7, 11) is 3.30.